The Hall–Kier alpha value is -3.02. The average Bonchev–Trinajstić information content (AvgIpc) is 3.30. The van der Waals surface area contributed by atoms with Crippen LogP contribution in [-0.4, -0.2) is 90.0 Å². The number of nitrogens with zero attached hydrogens (tertiary/aromatic N) is 6. The molecule has 0 spiro atoms. The van der Waals surface area contributed by atoms with Crippen LogP contribution in [0.15, 0.2) is 17.4 Å². The zero-order valence-corrected chi connectivity index (χ0v) is 14.2. The maximum absolute atomic E-state index is 12.2. The molecule has 26 heavy (non-hydrogen) atoms. The van der Waals surface area contributed by atoms with Crippen molar-refractivity contribution in [3.05, 3.63) is 29.0 Å². The molecule has 3 rings (SSSR count). The topological polar surface area (TPSA) is 153 Å². The molecule has 3 heterocycles. The molecule has 0 radical (unpaired) electrons. The molecule has 0 unspecified atom stereocenters. The fourth-order valence-corrected chi connectivity index (χ4v) is 2.62. The number of carboxylic acid groups (broad SMARTS) is 1. The zero-order valence-electron chi connectivity index (χ0n) is 14.2. The summed E-state index contributed by atoms with van der Waals surface area (Å²) in [6, 6.07) is 0. The van der Waals surface area contributed by atoms with E-state index in [-0.39, 0.29) is 18.1 Å². The number of rotatable bonds is 6. The number of aromatic nitrogens is 6. The predicted octanol–water partition coefficient (Wildman–Crippen LogP) is -1.83. The van der Waals surface area contributed by atoms with E-state index in [1.54, 1.807) is 6.33 Å². The lowest BCUT2D eigenvalue weighted by molar-refractivity contribution is -0.133. The lowest BCUT2D eigenvalue weighted by Crippen LogP contribution is -2.49. The normalized spacial score (nSPS) is 14.5. The minimum Gasteiger partial charge on any atom is -0.483 e. The molecule has 1 saturated heterocycles. The van der Waals surface area contributed by atoms with E-state index >= 15 is 0 Å². The molecule has 0 saturated carbocycles. The Morgan fingerprint density at radius 3 is 2.58 bits per heavy atom. The van der Waals surface area contributed by atoms with Crippen LogP contribution in [0.25, 0.3) is 0 Å². The molecule has 1 amide bonds. The number of H-pyrrole nitrogens is 2. The smallest absolute Gasteiger partial charge is 0.340 e. The highest BCUT2D eigenvalue weighted by Gasteiger charge is 2.20. The van der Waals surface area contributed by atoms with Gasteiger partial charge in [-0.15, -0.1) is 0 Å². The molecule has 3 N–H and O–H groups in total. The number of piperazine rings is 1. The van der Waals surface area contributed by atoms with Crippen LogP contribution in [0.2, 0.25) is 0 Å². The molecule has 1 aliphatic rings. The van der Waals surface area contributed by atoms with Gasteiger partial charge in [-0.25, -0.2) is 14.9 Å². The van der Waals surface area contributed by atoms with Crippen LogP contribution in [0.3, 0.4) is 0 Å². The zero-order chi connectivity index (χ0) is 18.8. The Kier molecular flexibility index (Phi) is 7.49. The maximum atomic E-state index is 12.2. The first kappa shape index (κ1) is 19.3. The molecule has 0 bridgehead atoms. The summed E-state index contributed by atoms with van der Waals surface area (Å²) in [5.74, 6) is 0.625. The van der Waals surface area contributed by atoms with Crippen molar-refractivity contribution in [2.24, 2.45) is 0 Å². The minimum absolute atomic E-state index is 0.102. The van der Waals surface area contributed by atoms with E-state index in [4.69, 9.17) is 9.90 Å². The number of carbonyl (C=O) groups excluding carboxylic acids is 1. The summed E-state index contributed by atoms with van der Waals surface area (Å²) in [6.07, 6.45) is 4.05. The number of amides is 1. The molecule has 12 heteroatoms. The Bertz CT molecular complexity index is 717. The first-order chi connectivity index (χ1) is 12.6. The summed E-state index contributed by atoms with van der Waals surface area (Å²) in [7, 11) is 0. The summed E-state index contributed by atoms with van der Waals surface area (Å²) < 4.78 is 1.81. The molecular formula is C14H22N8O4. The minimum atomic E-state index is -0.339. The molecular weight excluding hydrogens is 344 g/mol. The molecule has 1 fully saturated rings. The second kappa shape index (κ2) is 10.1. The third-order valence-corrected chi connectivity index (χ3v) is 3.96. The van der Waals surface area contributed by atoms with Gasteiger partial charge < -0.3 is 10.0 Å². The van der Waals surface area contributed by atoms with Crippen molar-refractivity contribution in [3.63, 3.8) is 0 Å². The molecule has 142 valence electrons. The first-order valence-corrected chi connectivity index (χ1v) is 8.16. The van der Waals surface area contributed by atoms with E-state index in [9.17, 15) is 9.59 Å². The van der Waals surface area contributed by atoms with Gasteiger partial charge >= 0.3 is 5.69 Å². The molecule has 12 nitrogen and oxygen atoms in total. The Labute approximate surface area is 148 Å². The van der Waals surface area contributed by atoms with Gasteiger partial charge in [0.15, 0.2) is 0 Å². The van der Waals surface area contributed by atoms with Crippen LogP contribution in [0.5, 0.6) is 0 Å². The number of aromatic amines is 2. The molecule has 0 atom stereocenters. The van der Waals surface area contributed by atoms with E-state index < -0.39 is 0 Å². The molecule has 0 aliphatic carbocycles. The van der Waals surface area contributed by atoms with Crippen molar-refractivity contribution in [1.82, 2.24) is 39.7 Å². The summed E-state index contributed by atoms with van der Waals surface area (Å²) in [4.78, 5) is 42.1. The monoisotopic (exact) mass is 366 g/mol. The summed E-state index contributed by atoms with van der Waals surface area (Å²) in [5, 5.41) is 17.1. The third kappa shape index (κ3) is 6.12. The summed E-state index contributed by atoms with van der Waals surface area (Å²) in [6.45, 7) is 4.64. The predicted molar refractivity (Wildman–Crippen MR) is 89.3 cm³/mol. The van der Waals surface area contributed by atoms with Gasteiger partial charge in [-0.1, -0.05) is 0 Å². The number of carbonyl (C=O) groups is 2. The fourth-order valence-electron chi connectivity index (χ4n) is 2.62. The van der Waals surface area contributed by atoms with Crippen LogP contribution in [0, 0.1) is 0 Å². The standard InChI is InChI=1S/C13H20N8O2.CH2O2/c22-12(2-1-11-16-13(23)18-17-11)20-6-3-19(4-7-20)5-8-21-10-14-9-15-21;2-1-3/h9-10H,1-8H2,(H2,16,17,18,23);1H,(H,2,3). The number of hydrogen-bond donors (Lipinski definition) is 3. The van der Waals surface area contributed by atoms with Crippen molar-refractivity contribution in [3.8, 4) is 0 Å². The van der Waals surface area contributed by atoms with Gasteiger partial charge in [0.05, 0.1) is 6.54 Å². The van der Waals surface area contributed by atoms with E-state index in [2.05, 4.69) is 30.2 Å². The largest absolute Gasteiger partial charge is 0.483 e. The molecule has 1 aliphatic heterocycles. The van der Waals surface area contributed by atoms with Crippen molar-refractivity contribution in [1.29, 1.82) is 0 Å². The summed E-state index contributed by atoms with van der Waals surface area (Å²) >= 11 is 0. The lowest BCUT2D eigenvalue weighted by atomic mass is 10.2. The maximum Gasteiger partial charge on any atom is 0.340 e. The van der Waals surface area contributed by atoms with Crippen molar-refractivity contribution < 1.29 is 14.7 Å². The van der Waals surface area contributed by atoms with Gasteiger partial charge in [0.2, 0.25) is 5.91 Å². The van der Waals surface area contributed by atoms with Crippen molar-refractivity contribution in [2.45, 2.75) is 19.4 Å². The van der Waals surface area contributed by atoms with Gasteiger partial charge in [0, 0.05) is 45.6 Å². The molecule has 2 aromatic heterocycles. The quantitative estimate of drug-likeness (QED) is 0.505. The first-order valence-electron chi connectivity index (χ1n) is 8.16. The lowest BCUT2D eigenvalue weighted by Gasteiger charge is -2.34. The van der Waals surface area contributed by atoms with E-state index in [0.717, 1.165) is 39.3 Å². The van der Waals surface area contributed by atoms with Gasteiger partial charge in [0.1, 0.15) is 18.5 Å². The van der Waals surface area contributed by atoms with Crippen LogP contribution in [0.4, 0.5) is 0 Å². The SMILES string of the molecule is O=C(CCc1n[nH]c(=O)[nH]1)N1CCN(CCn2cncn2)CC1.O=CO. The second-order valence-electron chi connectivity index (χ2n) is 5.61. The number of aryl methyl sites for hydroxylation is 1. The highest BCUT2D eigenvalue weighted by atomic mass is 16.3. The van der Waals surface area contributed by atoms with Crippen molar-refractivity contribution in [2.75, 3.05) is 32.7 Å². The second-order valence-corrected chi connectivity index (χ2v) is 5.61. The van der Waals surface area contributed by atoms with Crippen molar-refractivity contribution >= 4 is 12.4 Å². The molecule has 0 aromatic carbocycles. The van der Waals surface area contributed by atoms with Gasteiger partial charge in [0.25, 0.3) is 6.47 Å². The third-order valence-electron chi connectivity index (χ3n) is 3.96. The van der Waals surface area contributed by atoms with E-state index in [1.165, 1.54) is 6.33 Å². The highest BCUT2D eigenvalue weighted by Crippen LogP contribution is 2.05. The number of nitrogens with one attached hydrogen (secondary N) is 2. The van der Waals surface area contributed by atoms with E-state index in [1.807, 2.05) is 9.58 Å². The van der Waals surface area contributed by atoms with Gasteiger partial charge in [-0.3, -0.25) is 24.2 Å². The summed E-state index contributed by atoms with van der Waals surface area (Å²) in [5.41, 5.74) is -0.339. The van der Waals surface area contributed by atoms with Gasteiger partial charge in [-0.2, -0.15) is 10.2 Å². The fraction of sp³-hybridized carbons (Fsp3) is 0.571. The molecule has 2 aromatic rings. The van der Waals surface area contributed by atoms with Crippen LogP contribution in [0.1, 0.15) is 12.2 Å². The Balaban J connectivity index is 0.000000758. The highest BCUT2D eigenvalue weighted by molar-refractivity contribution is 5.76. The Morgan fingerprint density at radius 2 is 2.00 bits per heavy atom. The number of hydrogen-bond acceptors (Lipinski definition) is 7. The van der Waals surface area contributed by atoms with Gasteiger partial charge in [-0.05, 0) is 0 Å². The van der Waals surface area contributed by atoms with Crippen LogP contribution in [-0.2, 0) is 22.6 Å². The van der Waals surface area contributed by atoms with Crippen LogP contribution >= 0.6 is 0 Å². The average molecular weight is 366 g/mol. The Morgan fingerprint density at radius 1 is 1.27 bits per heavy atom. The van der Waals surface area contributed by atoms with E-state index in [0.29, 0.717) is 18.7 Å². The van der Waals surface area contributed by atoms with Crippen LogP contribution < -0.4 is 5.69 Å².